The molecular weight excluding hydrogens is 400 g/mol. The summed E-state index contributed by atoms with van der Waals surface area (Å²) in [6, 6.07) is 10.8. The first-order chi connectivity index (χ1) is 14.6. The van der Waals surface area contributed by atoms with Crippen LogP contribution in [0.4, 0.5) is 5.82 Å². The molecule has 0 aliphatic carbocycles. The van der Waals surface area contributed by atoms with E-state index >= 15 is 0 Å². The van der Waals surface area contributed by atoms with Gasteiger partial charge in [-0.1, -0.05) is 30.0 Å². The number of rotatable bonds is 7. The molecule has 1 N–H and O–H groups in total. The molecule has 1 unspecified atom stereocenters. The van der Waals surface area contributed by atoms with Crippen molar-refractivity contribution in [2.24, 2.45) is 5.92 Å². The Kier molecular flexibility index (Phi) is 6.44. The highest BCUT2D eigenvalue weighted by molar-refractivity contribution is 7.98. The molecule has 1 fully saturated rings. The van der Waals surface area contributed by atoms with Crippen LogP contribution in [-0.2, 0) is 9.47 Å². The van der Waals surface area contributed by atoms with Gasteiger partial charge in [0.05, 0.1) is 17.9 Å². The molecule has 0 radical (unpaired) electrons. The second-order valence-corrected chi connectivity index (χ2v) is 7.99. The maximum Gasteiger partial charge on any atom is 0.338 e. The Bertz CT molecular complexity index is 1030. The molecule has 2 aromatic heterocycles. The fraction of sp³-hybridized carbons (Fsp3) is 0.364. The Hall–Kier alpha value is -2.71. The van der Waals surface area contributed by atoms with Gasteiger partial charge in [-0.2, -0.15) is 0 Å². The van der Waals surface area contributed by atoms with Gasteiger partial charge in [-0.05, 0) is 37.8 Å². The third kappa shape index (κ3) is 4.71. The van der Waals surface area contributed by atoms with E-state index in [0.29, 0.717) is 28.1 Å². The summed E-state index contributed by atoms with van der Waals surface area (Å²) >= 11 is 1.49. The molecule has 1 aromatic carbocycles. The molecule has 4 rings (SSSR count). The number of carbonyl (C=O) groups excluding carboxylic acids is 1. The van der Waals surface area contributed by atoms with E-state index in [2.05, 4.69) is 15.3 Å². The van der Waals surface area contributed by atoms with E-state index < -0.39 is 6.10 Å². The Morgan fingerprint density at radius 2 is 2.17 bits per heavy atom. The topological polar surface area (TPSA) is 86.2 Å². The van der Waals surface area contributed by atoms with Crippen LogP contribution in [0, 0.1) is 5.92 Å². The van der Waals surface area contributed by atoms with E-state index in [-0.39, 0.29) is 5.97 Å². The minimum absolute atomic E-state index is 0.378. The Balaban J connectivity index is 1.61. The highest BCUT2D eigenvalue weighted by Crippen LogP contribution is 2.27. The standard InChI is InChI=1S/C22H24N4O3S/c1-14(29-21(27)16-6-4-3-5-7-16)18-10-17-12-24-22(30-2)26-19(17)20(25-18)23-11-15-8-9-28-13-15/h3-7,10,12,14-15H,8-9,11,13H2,1-2H3,(H,23,25)/t14-,15?/m1/s1. The third-order valence-corrected chi connectivity index (χ3v) is 5.60. The molecule has 0 amide bonds. The molecule has 0 bridgehead atoms. The number of aromatic nitrogens is 3. The van der Waals surface area contributed by atoms with Gasteiger partial charge < -0.3 is 14.8 Å². The summed E-state index contributed by atoms with van der Waals surface area (Å²) in [5, 5.41) is 4.97. The lowest BCUT2D eigenvalue weighted by atomic mass is 10.1. The molecule has 2 atom stereocenters. The van der Waals surface area contributed by atoms with Crippen molar-refractivity contribution in [1.82, 2.24) is 15.0 Å². The summed E-state index contributed by atoms with van der Waals surface area (Å²) in [5.74, 6) is 0.743. The number of nitrogens with zero attached hydrogens (tertiary/aromatic N) is 3. The smallest absolute Gasteiger partial charge is 0.338 e. The van der Waals surface area contributed by atoms with Gasteiger partial charge in [-0.25, -0.2) is 19.7 Å². The highest BCUT2D eigenvalue weighted by atomic mass is 32.2. The maximum absolute atomic E-state index is 12.5. The van der Waals surface area contributed by atoms with Gasteiger partial charge in [-0.3, -0.25) is 0 Å². The number of nitrogens with one attached hydrogen (secondary N) is 1. The zero-order valence-corrected chi connectivity index (χ0v) is 17.8. The number of pyridine rings is 1. The zero-order chi connectivity index (χ0) is 20.9. The molecule has 156 valence electrons. The lowest BCUT2D eigenvalue weighted by Crippen LogP contribution is -2.17. The average Bonchev–Trinajstić information content (AvgIpc) is 3.31. The van der Waals surface area contributed by atoms with Crippen LogP contribution in [0.2, 0.25) is 0 Å². The van der Waals surface area contributed by atoms with Crippen LogP contribution in [0.5, 0.6) is 0 Å². The number of thioether (sulfide) groups is 1. The molecule has 3 aromatic rings. The molecule has 3 heterocycles. The van der Waals surface area contributed by atoms with E-state index in [1.165, 1.54) is 11.8 Å². The molecule has 30 heavy (non-hydrogen) atoms. The summed E-state index contributed by atoms with van der Waals surface area (Å²) in [6.45, 7) is 4.12. The van der Waals surface area contributed by atoms with E-state index in [0.717, 1.165) is 37.1 Å². The third-order valence-electron chi connectivity index (χ3n) is 5.04. The number of hydrogen-bond acceptors (Lipinski definition) is 8. The molecule has 7 nitrogen and oxygen atoms in total. The molecule has 1 saturated heterocycles. The fourth-order valence-corrected chi connectivity index (χ4v) is 3.66. The van der Waals surface area contributed by atoms with Gasteiger partial charge in [0.1, 0.15) is 11.6 Å². The van der Waals surface area contributed by atoms with Gasteiger partial charge in [0, 0.05) is 30.7 Å². The highest BCUT2D eigenvalue weighted by Gasteiger charge is 2.20. The van der Waals surface area contributed by atoms with Gasteiger partial charge in [-0.15, -0.1) is 0 Å². The fourth-order valence-electron chi connectivity index (χ4n) is 3.32. The minimum Gasteiger partial charge on any atom is -0.453 e. The second-order valence-electron chi connectivity index (χ2n) is 7.21. The first-order valence-electron chi connectivity index (χ1n) is 9.93. The van der Waals surface area contributed by atoms with Crippen LogP contribution in [0.15, 0.2) is 47.8 Å². The van der Waals surface area contributed by atoms with Crippen molar-refractivity contribution in [3.05, 3.63) is 53.9 Å². The maximum atomic E-state index is 12.5. The Morgan fingerprint density at radius 3 is 2.90 bits per heavy atom. The van der Waals surface area contributed by atoms with Crippen molar-refractivity contribution in [2.75, 3.05) is 31.3 Å². The predicted molar refractivity (Wildman–Crippen MR) is 117 cm³/mol. The van der Waals surface area contributed by atoms with Crippen molar-refractivity contribution in [3.63, 3.8) is 0 Å². The monoisotopic (exact) mass is 424 g/mol. The van der Waals surface area contributed by atoms with Gasteiger partial charge >= 0.3 is 5.97 Å². The van der Waals surface area contributed by atoms with E-state index in [9.17, 15) is 4.79 Å². The Labute approximate surface area is 179 Å². The minimum atomic E-state index is -0.516. The molecule has 0 saturated carbocycles. The Morgan fingerprint density at radius 1 is 1.33 bits per heavy atom. The number of carbonyl (C=O) groups is 1. The zero-order valence-electron chi connectivity index (χ0n) is 17.0. The largest absolute Gasteiger partial charge is 0.453 e. The number of fused-ring (bicyclic) bond motifs is 1. The lowest BCUT2D eigenvalue weighted by molar-refractivity contribution is 0.0330. The number of benzene rings is 1. The van der Waals surface area contributed by atoms with Gasteiger partial charge in [0.15, 0.2) is 11.0 Å². The summed E-state index contributed by atoms with van der Waals surface area (Å²) in [5.41, 5.74) is 1.92. The first-order valence-corrected chi connectivity index (χ1v) is 11.2. The van der Waals surface area contributed by atoms with Crippen molar-refractivity contribution < 1.29 is 14.3 Å². The summed E-state index contributed by atoms with van der Waals surface area (Å²) in [7, 11) is 0. The normalized spacial score (nSPS) is 17.1. The molecular formula is C22H24N4O3S. The number of hydrogen-bond donors (Lipinski definition) is 1. The second kappa shape index (κ2) is 9.40. The predicted octanol–water partition coefficient (Wildman–Crippen LogP) is 4.11. The quantitative estimate of drug-likeness (QED) is 0.344. The number of esters is 1. The van der Waals surface area contributed by atoms with Crippen LogP contribution in [-0.4, -0.2) is 46.9 Å². The average molecular weight is 425 g/mol. The van der Waals surface area contributed by atoms with Crippen molar-refractivity contribution in [2.45, 2.75) is 24.6 Å². The molecule has 1 aliphatic heterocycles. The van der Waals surface area contributed by atoms with Crippen LogP contribution in [0.1, 0.15) is 35.5 Å². The molecule has 1 aliphatic rings. The van der Waals surface area contributed by atoms with Gasteiger partial charge in [0.25, 0.3) is 0 Å². The number of ether oxygens (including phenoxy) is 2. The van der Waals surface area contributed by atoms with E-state index in [4.69, 9.17) is 14.5 Å². The number of anilines is 1. The summed E-state index contributed by atoms with van der Waals surface area (Å²) < 4.78 is 11.1. The molecule has 0 spiro atoms. The van der Waals surface area contributed by atoms with Crippen molar-refractivity contribution in [1.29, 1.82) is 0 Å². The van der Waals surface area contributed by atoms with Crippen molar-refractivity contribution >= 4 is 34.5 Å². The SMILES string of the molecule is CSc1ncc2cc([C@@H](C)OC(=O)c3ccccc3)nc(NCC3CCOC3)c2n1. The van der Waals surface area contributed by atoms with Crippen molar-refractivity contribution in [3.8, 4) is 0 Å². The lowest BCUT2D eigenvalue weighted by Gasteiger charge is -2.17. The van der Waals surface area contributed by atoms with Crippen LogP contribution in [0.25, 0.3) is 10.9 Å². The van der Waals surface area contributed by atoms with Crippen LogP contribution in [0.3, 0.4) is 0 Å². The van der Waals surface area contributed by atoms with Crippen LogP contribution >= 0.6 is 11.8 Å². The van der Waals surface area contributed by atoms with Crippen LogP contribution < -0.4 is 5.32 Å². The molecule has 8 heteroatoms. The van der Waals surface area contributed by atoms with E-state index in [1.54, 1.807) is 18.3 Å². The summed E-state index contributed by atoms with van der Waals surface area (Å²) in [4.78, 5) is 26.2. The summed E-state index contributed by atoms with van der Waals surface area (Å²) in [6.07, 6.45) is 4.24. The van der Waals surface area contributed by atoms with E-state index in [1.807, 2.05) is 37.4 Å². The van der Waals surface area contributed by atoms with Gasteiger partial charge in [0.2, 0.25) is 0 Å². The first kappa shape index (κ1) is 20.6.